The molecule has 0 bridgehead atoms. The number of aryl methyl sites for hydroxylation is 1. The maximum Gasteiger partial charge on any atom is 0.122 e. The first-order valence-electron chi connectivity index (χ1n) is 6.07. The second kappa shape index (κ2) is 6.11. The SMILES string of the molecule is COc1cc(OC)cc(C(Br)c2ccc(C)cc2)c1. The fourth-order valence-electron chi connectivity index (χ4n) is 1.90. The number of ether oxygens (including phenoxy) is 2. The van der Waals surface area contributed by atoms with Gasteiger partial charge in [0.15, 0.2) is 0 Å². The molecule has 0 saturated heterocycles. The van der Waals surface area contributed by atoms with Crippen LogP contribution in [0.5, 0.6) is 11.5 Å². The Morgan fingerprint density at radius 1 is 0.842 bits per heavy atom. The molecule has 0 aromatic heterocycles. The van der Waals surface area contributed by atoms with Crippen LogP contribution in [0.15, 0.2) is 42.5 Å². The topological polar surface area (TPSA) is 18.5 Å². The Bertz CT molecular complexity index is 527. The third-order valence-corrected chi connectivity index (χ3v) is 4.09. The van der Waals surface area contributed by atoms with E-state index < -0.39 is 0 Å². The minimum atomic E-state index is 0.122. The van der Waals surface area contributed by atoms with Gasteiger partial charge in [-0.3, -0.25) is 0 Å². The van der Waals surface area contributed by atoms with Gasteiger partial charge >= 0.3 is 0 Å². The van der Waals surface area contributed by atoms with Crippen molar-refractivity contribution in [3.63, 3.8) is 0 Å². The molecule has 2 aromatic rings. The molecule has 0 N–H and O–H groups in total. The summed E-state index contributed by atoms with van der Waals surface area (Å²) in [5, 5.41) is 0. The minimum Gasteiger partial charge on any atom is -0.497 e. The first kappa shape index (κ1) is 13.9. The quantitative estimate of drug-likeness (QED) is 0.772. The van der Waals surface area contributed by atoms with Gasteiger partial charge in [-0.05, 0) is 30.2 Å². The zero-order valence-electron chi connectivity index (χ0n) is 11.3. The van der Waals surface area contributed by atoms with Crippen molar-refractivity contribution >= 4 is 15.9 Å². The van der Waals surface area contributed by atoms with Crippen LogP contribution in [0.3, 0.4) is 0 Å². The molecule has 0 heterocycles. The Balaban J connectivity index is 2.37. The minimum absolute atomic E-state index is 0.122. The van der Waals surface area contributed by atoms with Crippen molar-refractivity contribution in [3.05, 3.63) is 59.2 Å². The normalized spacial score (nSPS) is 12.0. The molecular weight excluding hydrogens is 304 g/mol. The highest BCUT2D eigenvalue weighted by molar-refractivity contribution is 9.09. The van der Waals surface area contributed by atoms with Crippen LogP contribution < -0.4 is 9.47 Å². The van der Waals surface area contributed by atoms with Crippen LogP contribution >= 0.6 is 15.9 Å². The molecule has 0 aliphatic rings. The standard InChI is InChI=1S/C16H17BrO2/c1-11-4-6-12(7-5-11)16(17)13-8-14(18-2)10-15(9-13)19-3/h4-10,16H,1-3H3. The molecule has 0 spiro atoms. The molecule has 0 aliphatic heterocycles. The van der Waals surface area contributed by atoms with Gasteiger partial charge in [0.1, 0.15) is 11.5 Å². The highest BCUT2D eigenvalue weighted by Crippen LogP contribution is 2.35. The van der Waals surface area contributed by atoms with Crippen LogP contribution in [0.25, 0.3) is 0 Å². The van der Waals surface area contributed by atoms with Crippen LogP contribution in [0.2, 0.25) is 0 Å². The fraction of sp³-hybridized carbons (Fsp3) is 0.250. The lowest BCUT2D eigenvalue weighted by molar-refractivity contribution is 0.393. The molecule has 3 heteroatoms. The molecule has 100 valence electrons. The summed E-state index contributed by atoms with van der Waals surface area (Å²) in [7, 11) is 3.32. The summed E-state index contributed by atoms with van der Waals surface area (Å²) in [4.78, 5) is 0.122. The van der Waals surface area contributed by atoms with Gasteiger partial charge in [0.2, 0.25) is 0 Å². The Kier molecular flexibility index (Phi) is 4.48. The smallest absolute Gasteiger partial charge is 0.122 e. The summed E-state index contributed by atoms with van der Waals surface area (Å²) < 4.78 is 10.6. The molecule has 0 amide bonds. The molecule has 0 radical (unpaired) electrons. The van der Waals surface area contributed by atoms with Crippen LogP contribution in [-0.2, 0) is 0 Å². The first-order chi connectivity index (χ1) is 9.13. The molecule has 0 saturated carbocycles. The Morgan fingerprint density at radius 2 is 1.37 bits per heavy atom. The van der Waals surface area contributed by atoms with E-state index in [9.17, 15) is 0 Å². The van der Waals surface area contributed by atoms with Gasteiger partial charge in [0.05, 0.1) is 19.0 Å². The summed E-state index contributed by atoms with van der Waals surface area (Å²) in [5.74, 6) is 1.59. The van der Waals surface area contributed by atoms with E-state index in [2.05, 4.69) is 47.1 Å². The van der Waals surface area contributed by atoms with Gasteiger partial charge in [-0.1, -0.05) is 45.8 Å². The van der Waals surface area contributed by atoms with E-state index in [-0.39, 0.29) is 4.83 Å². The molecular formula is C16H17BrO2. The van der Waals surface area contributed by atoms with Crippen molar-refractivity contribution in [3.8, 4) is 11.5 Å². The molecule has 2 rings (SSSR count). The third-order valence-electron chi connectivity index (χ3n) is 3.04. The summed E-state index contributed by atoms with van der Waals surface area (Å²) in [6.45, 7) is 2.08. The van der Waals surface area contributed by atoms with E-state index in [0.29, 0.717) is 0 Å². The van der Waals surface area contributed by atoms with Gasteiger partial charge < -0.3 is 9.47 Å². The number of hydrogen-bond acceptors (Lipinski definition) is 2. The summed E-state index contributed by atoms with van der Waals surface area (Å²) in [5.41, 5.74) is 3.58. The average molecular weight is 321 g/mol. The lowest BCUT2D eigenvalue weighted by atomic mass is 10.0. The Labute approximate surface area is 122 Å². The highest BCUT2D eigenvalue weighted by atomic mass is 79.9. The van der Waals surface area contributed by atoms with E-state index >= 15 is 0 Å². The van der Waals surface area contributed by atoms with E-state index in [1.54, 1.807) is 14.2 Å². The van der Waals surface area contributed by atoms with Gasteiger partial charge in [0.25, 0.3) is 0 Å². The average Bonchev–Trinajstić information content (AvgIpc) is 2.46. The predicted molar refractivity (Wildman–Crippen MR) is 81.5 cm³/mol. The van der Waals surface area contributed by atoms with Crippen molar-refractivity contribution in [2.24, 2.45) is 0 Å². The summed E-state index contributed by atoms with van der Waals surface area (Å²) in [6, 6.07) is 14.4. The second-order valence-electron chi connectivity index (χ2n) is 4.42. The van der Waals surface area contributed by atoms with Crippen molar-refractivity contribution in [1.82, 2.24) is 0 Å². The molecule has 2 aromatic carbocycles. The summed E-state index contributed by atoms with van der Waals surface area (Å²) >= 11 is 3.73. The molecule has 0 fully saturated rings. The predicted octanol–water partition coefficient (Wildman–Crippen LogP) is 4.50. The Morgan fingerprint density at radius 3 is 1.84 bits per heavy atom. The van der Waals surface area contributed by atoms with E-state index in [0.717, 1.165) is 17.1 Å². The number of halogens is 1. The van der Waals surface area contributed by atoms with Gasteiger partial charge in [-0.2, -0.15) is 0 Å². The fourth-order valence-corrected chi connectivity index (χ4v) is 2.47. The lowest BCUT2D eigenvalue weighted by Gasteiger charge is -2.14. The van der Waals surface area contributed by atoms with Crippen LogP contribution in [-0.4, -0.2) is 14.2 Å². The third kappa shape index (κ3) is 3.29. The molecule has 0 aliphatic carbocycles. The van der Waals surface area contributed by atoms with Crippen molar-refractivity contribution in [2.45, 2.75) is 11.8 Å². The van der Waals surface area contributed by atoms with Crippen molar-refractivity contribution < 1.29 is 9.47 Å². The molecule has 1 unspecified atom stereocenters. The van der Waals surface area contributed by atoms with Crippen LogP contribution in [0, 0.1) is 6.92 Å². The molecule has 19 heavy (non-hydrogen) atoms. The lowest BCUT2D eigenvalue weighted by Crippen LogP contribution is -1.96. The monoisotopic (exact) mass is 320 g/mol. The molecule has 2 nitrogen and oxygen atoms in total. The van der Waals surface area contributed by atoms with Crippen molar-refractivity contribution in [2.75, 3.05) is 14.2 Å². The van der Waals surface area contributed by atoms with Crippen LogP contribution in [0.1, 0.15) is 21.5 Å². The van der Waals surface area contributed by atoms with Crippen LogP contribution in [0.4, 0.5) is 0 Å². The van der Waals surface area contributed by atoms with E-state index in [1.165, 1.54) is 11.1 Å². The first-order valence-corrected chi connectivity index (χ1v) is 6.99. The zero-order chi connectivity index (χ0) is 13.8. The van der Waals surface area contributed by atoms with Gasteiger partial charge in [-0.15, -0.1) is 0 Å². The number of rotatable bonds is 4. The number of hydrogen-bond donors (Lipinski definition) is 0. The largest absolute Gasteiger partial charge is 0.497 e. The van der Waals surface area contributed by atoms with E-state index in [4.69, 9.17) is 9.47 Å². The number of alkyl halides is 1. The van der Waals surface area contributed by atoms with Gasteiger partial charge in [-0.25, -0.2) is 0 Å². The second-order valence-corrected chi connectivity index (χ2v) is 5.33. The Hall–Kier alpha value is -1.48. The molecule has 1 atom stereocenters. The zero-order valence-corrected chi connectivity index (χ0v) is 12.9. The maximum atomic E-state index is 5.30. The maximum absolute atomic E-state index is 5.30. The van der Waals surface area contributed by atoms with E-state index in [1.807, 2.05) is 18.2 Å². The number of benzene rings is 2. The van der Waals surface area contributed by atoms with Gasteiger partial charge in [0, 0.05) is 6.07 Å². The highest BCUT2D eigenvalue weighted by Gasteiger charge is 2.12. The number of methoxy groups -OCH3 is 2. The summed E-state index contributed by atoms with van der Waals surface area (Å²) in [6.07, 6.45) is 0. The van der Waals surface area contributed by atoms with Crippen molar-refractivity contribution in [1.29, 1.82) is 0 Å².